The Morgan fingerprint density at radius 2 is 2.21 bits per heavy atom. The van der Waals surface area contributed by atoms with E-state index >= 15 is 0 Å². The van der Waals surface area contributed by atoms with Crippen molar-refractivity contribution in [1.29, 1.82) is 0 Å². The Morgan fingerprint density at radius 1 is 1.53 bits per heavy atom. The average Bonchev–Trinajstić information content (AvgIpc) is 2.43. The molecule has 1 atom stereocenters. The van der Waals surface area contributed by atoms with E-state index in [0.29, 0.717) is 5.56 Å². The third-order valence-corrected chi connectivity index (χ3v) is 3.09. The molecule has 0 saturated carbocycles. The molecule has 1 unspecified atom stereocenters. The van der Waals surface area contributed by atoms with Crippen molar-refractivity contribution in [2.75, 3.05) is 13.7 Å². The van der Waals surface area contributed by atoms with Gasteiger partial charge in [-0.2, -0.15) is 0 Å². The van der Waals surface area contributed by atoms with Gasteiger partial charge in [-0.3, -0.25) is 4.79 Å². The molecule has 1 aromatic carbocycles. The quantitative estimate of drug-likeness (QED) is 0.848. The lowest BCUT2D eigenvalue weighted by atomic mass is 10.1. The second-order valence-electron chi connectivity index (χ2n) is 4.32. The third kappa shape index (κ3) is 3.80. The number of halogens is 1. The molecule has 1 rings (SSSR count). The molecule has 0 aliphatic heterocycles. The molecule has 0 aromatic heterocycles. The molecule has 0 saturated heterocycles. The normalized spacial score (nSPS) is 11.4. The summed E-state index contributed by atoms with van der Waals surface area (Å²) in [5, 5.41) is 8.70. The smallest absolute Gasteiger partial charge is 0.255 e. The fraction of sp³-hybridized carbons (Fsp3) is 0.400. The van der Waals surface area contributed by atoms with Crippen molar-refractivity contribution >= 4 is 5.91 Å². The molecule has 0 fully saturated rings. The second-order valence-corrected chi connectivity index (χ2v) is 4.32. The minimum atomic E-state index is -0.476. The number of hydrogen-bond donors (Lipinski definition) is 1. The number of hydrogen-bond acceptors (Lipinski definition) is 2. The van der Waals surface area contributed by atoms with E-state index in [-0.39, 0.29) is 24.1 Å². The van der Waals surface area contributed by atoms with Gasteiger partial charge < -0.3 is 10.0 Å². The van der Waals surface area contributed by atoms with E-state index in [1.807, 2.05) is 13.8 Å². The predicted octanol–water partition coefficient (Wildman–Crippen LogP) is 2.04. The highest BCUT2D eigenvalue weighted by atomic mass is 19.1. The van der Waals surface area contributed by atoms with E-state index in [1.165, 1.54) is 18.2 Å². The van der Waals surface area contributed by atoms with Crippen LogP contribution in [0.1, 0.15) is 36.2 Å². The van der Waals surface area contributed by atoms with Gasteiger partial charge in [-0.05, 0) is 31.5 Å². The molecular formula is C15H18FNO2. The molecule has 0 aliphatic carbocycles. The van der Waals surface area contributed by atoms with Gasteiger partial charge in [0.05, 0.1) is 5.56 Å². The number of aliphatic hydroxyl groups is 1. The summed E-state index contributed by atoms with van der Waals surface area (Å²) in [5.41, 5.74) is 0.652. The highest BCUT2D eigenvalue weighted by molar-refractivity contribution is 5.96. The van der Waals surface area contributed by atoms with Crippen LogP contribution in [-0.4, -0.2) is 35.6 Å². The molecule has 102 valence electrons. The Morgan fingerprint density at radius 3 is 2.79 bits per heavy atom. The van der Waals surface area contributed by atoms with Gasteiger partial charge in [0.1, 0.15) is 12.4 Å². The molecular weight excluding hydrogens is 245 g/mol. The van der Waals surface area contributed by atoms with Gasteiger partial charge in [0.2, 0.25) is 0 Å². The van der Waals surface area contributed by atoms with Crippen LogP contribution in [0.4, 0.5) is 4.39 Å². The maximum atomic E-state index is 13.3. The fourth-order valence-electron chi connectivity index (χ4n) is 1.60. The lowest BCUT2D eigenvalue weighted by Gasteiger charge is -2.24. The molecule has 0 spiro atoms. The Labute approximate surface area is 113 Å². The molecule has 0 heterocycles. The SMILES string of the molecule is CCC(C)N(C)C(=O)c1cc(F)ccc1C#CCO. The number of amides is 1. The zero-order valence-corrected chi connectivity index (χ0v) is 11.4. The van der Waals surface area contributed by atoms with E-state index < -0.39 is 5.82 Å². The minimum absolute atomic E-state index is 0.0643. The van der Waals surface area contributed by atoms with E-state index in [0.717, 1.165) is 6.42 Å². The Balaban J connectivity index is 3.17. The number of benzene rings is 1. The molecule has 1 aromatic rings. The van der Waals surface area contributed by atoms with Crippen LogP contribution in [0.2, 0.25) is 0 Å². The average molecular weight is 263 g/mol. The van der Waals surface area contributed by atoms with Gasteiger partial charge in [0.15, 0.2) is 0 Å². The van der Waals surface area contributed by atoms with Crippen LogP contribution in [0.15, 0.2) is 18.2 Å². The van der Waals surface area contributed by atoms with Gasteiger partial charge in [0.25, 0.3) is 5.91 Å². The maximum absolute atomic E-state index is 13.3. The van der Waals surface area contributed by atoms with Crippen molar-refractivity contribution in [3.05, 3.63) is 35.1 Å². The van der Waals surface area contributed by atoms with Crippen molar-refractivity contribution < 1.29 is 14.3 Å². The number of carbonyl (C=O) groups excluding carboxylic acids is 1. The highest BCUT2D eigenvalue weighted by Gasteiger charge is 2.19. The monoisotopic (exact) mass is 263 g/mol. The first kappa shape index (κ1) is 15.2. The summed E-state index contributed by atoms with van der Waals surface area (Å²) in [7, 11) is 1.69. The number of nitrogens with zero attached hydrogens (tertiary/aromatic N) is 1. The summed E-state index contributed by atoms with van der Waals surface area (Å²) in [6, 6.07) is 3.95. The van der Waals surface area contributed by atoms with Gasteiger partial charge in [-0.1, -0.05) is 18.8 Å². The molecule has 0 bridgehead atoms. The molecule has 19 heavy (non-hydrogen) atoms. The van der Waals surface area contributed by atoms with Crippen LogP contribution in [0, 0.1) is 17.7 Å². The first-order valence-electron chi connectivity index (χ1n) is 6.17. The lowest BCUT2D eigenvalue weighted by Crippen LogP contribution is -2.35. The predicted molar refractivity (Wildman–Crippen MR) is 72.2 cm³/mol. The van der Waals surface area contributed by atoms with Gasteiger partial charge in [-0.15, -0.1) is 0 Å². The first-order chi connectivity index (χ1) is 9.01. The molecule has 0 radical (unpaired) electrons. The number of rotatable bonds is 3. The fourth-order valence-corrected chi connectivity index (χ4v) is 1.60. The van der Waals surface area contributed by atoms with Crippen molar-refractivity contribution in [2.45, 2.75) is 26.3 Å². The summed E-state index contributed by atoms with van der Waals surface area (Å²) < 4.78 is 13.3. The minimum Gasteiger partial charge on any atom is -0.384 e. The van der Waals surface area contributed by atoms with E-state index in [2.05, 4.69) is 11.8 Å². The Kier molecular flexibility index (Phi) is 5.53. The number of aliphatic hydroxyl groups excluding tert-OH is 1. The summed E-state index contributed by atoms with van der Waals surface area (Å²) in [6.07, 6.45) is 0.815. The summed E-state index contributed by atoms with van der Waals surface area (Å²) in [4.78, 5) is 13.9. The molecule has 1 amide bonds. The van der Waals surface area contributed by atoms with Crippen molar-refractivity contribution in [2.24, 2.45) is 0 Å². The second kappa shape index (κ2) is 6.91. The van der Waals surface area contributed by atoms with Crippen LogP contribution >= 0.6 is 0 Å². The number of carbonyl (C=O) groups is 1. The molecule has 0 aliphatic rings. The van der Waals surface area contributed by atoms with Crippen LogP contribution in [0.5, 0.6) is 0 Å². The molecule has 4 heteroatoms. The zero-order chi connectivity index (χ0) is 14.4. The van der Waals surface area contributed by atoms with E-state index in [9.17, 15) is 9.18 Å². The largest absolute Gasteiger partial charge is 0.384 e. The molecule has 3 nitrogen and oxygen atoms in total. The highest BCUT2D eigenvalue weighted by Crippen LogP contribution is 2.15. The Hall–Kier alpha value is -1.86. The summed E-state index contributed by atoms with van der Waals surface area (Å²) >= 11 is 0. The summed E-state index contributed by atoms with van der Waals surface area (Å²) in [6.45, 7) is 3.61. The van der Waals surface area contributed by atoms with Crippen molar-refractivity contribution in [3.63, 3.8) is 0 Å². The van der Waals surface area contributed by atoms with E-state index in [1.54, 1.807) is 11.9 Å². The lowest BCUT2D eigenvalue weighted by molar-refractivity contribution is 0.0740. The maximum Gasteiger partial charge on any atom is 0.255 e. The summed E-state index contributed by atoms with van der Waals surface area (Å²) in [5.74, 6) is 4.40. The van der Waals surface area contributed by atoms with Crippen molar-refractivity contribution in [3.8, 4) is 11.8 Å². The van der Waals surface area contributed by atoms with Gasteiger partial charge in [-0.25, -0.2) is 4.39 Å². The third-order valence-electron chi connectivity index (χ3n) is 3.09. The van der Waals surface area contributed by atoms with Gasteiger partial charge in [0, 0.05) is 18.7 Å². The van der Waals surface area contributed by atoms with Crippen molar-refractivity contribution in [1.82, 2.24) is 4.90 Å². The Bertz CT molecular complexity index is 517. The zero-order valence-electron chi connectivity index (χ0n) is 11.4. The standard InChI is InChI=1S/C15H18FNO2/c1-4-11(2)17(3)15(19)14-10-13(16)8-7-12(14)6-5-9-18/h7-8,10-11,18H,4,9H2,1-3H3. The first-order valence-corrected chi connectivity index (χ1v) is 6.17. The van der Waals surface area contributed by atoms with Crippen LogP contribution < -0.4 is 0 Å². The van der Waals surface area contributed by atoms with Crippen LogP contribution in [0.25, 0.3) is 0 Å². The van der Waals surface area contributed by atoms with Crippen LogP contribution in [-0.2, 0) is 0 Å². The van der Waals surface area contributed by atoms with Gasteiger partial charge >= 0.3 is 0 Å². The van der Waals surface area contributed by atoms with E-state index in [4.69, 9.17) is 5.11 Å². The topological polar surface area (TPSA) is 40.5 Å². The molecule has 1 N–H and O–H groups in total. The van der Waals surface area contributed by atoms with Crippen LogP contribution in [0.3, 0.4) is 0 Å².